The summed E-state index contributed by atoms with van der Waals surface area (Å²) in [6.07, 6.45) is 6.97. The summed E-state index contributed by atoms with van der Waals surface area (Å²) < 4.78 is 5.13. The molecule has 146 valence electrons. The van der Waals surface area contributed by atoms with Gasteiger partial charge in [0.25, 0.3) is 0 Å². The zero-order valence-corrected chi connectivity index (χ0v) is 15.7. The van der Waals surface area contributed by atoms with E-state index in [-0.39, 0.29) is 6.03 Å². The van der Waals surface area contributed by atoms with Crippen molar-refractivity contribution >= 4 is 36.0 Å². The molecule has 2 aromatic rings. The number of amides is 2. The number of furan rings is 1. The van der Waals surface area contributed by atoms with Gasteiger partial charge in [-0.25, -0.2) is 4.79 Å². The maximum atomic E-state index is 11.3. The number of allylic oxidation sites excluding steroid dienone is 1. The smallest absolute Gasteiger partial charge is 0.319 e. The van der Waals surface area contributed by atoms with Crippen molar-refractivity contribution in [3.8, 4) is 0 Å². The van der Waals surface area contributed by atoms with Gasteiger partial charge in [-0.05, 0) is 43.3 Å². The second kappa shape index (κ2) is 9.77. The van der Waals surface area contributed by atoms with Crippen molar-refractivity contribution in [2.75, 3.05) is 18.1 Å². The number of anilines is 2. The number of hydrogen-bond acceptors (Lipinski definition) is 6. The van der Waals surface area contributed by atoms with Gasteiger partial charge in [0.05, 0.1) is 12.3 Å². The molecule has 8 nitrogen and oxygen atoms in total. The van der Waals surface area contributed by atoms with E-state index < -0.39 is 6.04 Å². The molecule has 0 fully saturated rings. The number of nitrogens with two attached hydrogens (primary N) is 1. The molecule has 1 unspecified atom stereocenters. The number of nitrogens with one attached hydrogen (secondary N) is 4. The van der Waals surface area contributed by atoms with Crippen molar-refractivity contribution in [2.45, 2.75) is 13.0 Å². The second-order valence-electron chi connectivity index (χ2n) is 5.89. The maximum absolute atomic E-state index is 11.3. The largest absolute Gasteiger partial charge is 0.465 e. The summed E-state index contributed by atoms with van der Waals surface area (Å²) in [4.78, 5) is 22.2. The fraction of sp³-hybridized carbons (Fsp3) is 0.150. The number of carbonyl (C=O) groups excluding carboxylic acids is 2. The Morgan fingerprint density at radius 3 is 2.71 bits per heavy atom. The predicted octanol–water partition coefficient (Wildman–Crippen LogP) is 2.76. The van der Waals surface area contributed by atoms with Crippen LogP contribution in [0.25, 0.3) is 6.08 Å². The lowest BCUT2D eigenvalue weighted by Gasteiger charge is -2.23. The van der Waals surface area contributed by atoms with Crippen LogP contribution in [0, 0.1) is 5.41 Å². The Balaban J connectivity index is 0.000000221. The van der Waals surface area contributed by atoms with E-state index in [4.69, 9.17) is 15.6 Å². The van der Waals surface area contributed by atoms with Gasteiger partial charge in [0.15, 0.2) is 0 Å². The van der Waals surface area contributed by atoms with Crippen molar-refractivity contribution in [3.63, 3.8) is 0 Å². The van der Waals surface area contributed by atoms with Crippen molar-refractivity contribution in [3.05, 3.63) is 65.3 Å². The molecule has 0 bridgehead atoms. The number of aldehydes is 1. The maximum Gasteiger partial charge on any atom is 0.319 e. The fourth-order valence-corrected chi connectivity index (χ4v) is 2.48. The van der Waals surface area contributed by atoms with E-state index in [9.17, 15) is 9.59 Å². The molecule has 1 atom stereocenters. The molecule has 28 heavy (non-hydrogen) atoms. The summed E-state index contributed by atoms with van der Waals surface area (Å²) in [6, 6.07) is 8.31. The van der Waals surface area contributed by atoms with Crippen LogP contribution in [0.1, 0.15) is 18.2 Å². The number of nitrogen functional groups attached to an aromatic ring is 1. The Bertz CT molecular complexity index is 901. The summed E-state index contributed by atoms with van der Waals surface area (Å²) in [7, 11) is 1.83. The van der Waals surface area contributed by atoms with Crippen LogP contribution in [0.3, 0.4) is 0 Å². The van der Waals surface area contributed by atoms with Gasteiger partial charge >= 0.3 is 6.03 Å². The molecular formula is C20H23N5O3. The summed E-state index contributed by atoms with van der Waals surface area (Å²) in [5.41, 5.74) is 9.01. The first-order chi connectivity index (χ1) is 13.5. The highest BCUT2D eigenvalue weighted by molar-refractivity contribution is 5.87. The van der Waals surface area contributed by atoms with Gasteiger partial charge in [-0.1, -0.05) is 6.08 Å². The topological polar surface area (TPSA) is 133 Å². The Hall–Kier alpha value is -3.81. The van der Waals surface area contributed by atoms with E-state index in [0.717, 1.165) is 17.5 Å². The molecule has 0 saturated carbocycles. The number of carbonyl (C=O) groups is 2. The van der Waals surface area contributed by atoms with Gasteiger partial charge in [0.2, 0.25) is 0 Å². The second-order valence-corrected chi connectivity index (χ2v) is 5.89. The van der Waals surface area contributed by atoms with Crippen LogP contribution >= 0.6 is 0 Å². The average molecular weight is 381 g/mol. The first-order valence-electron chi connectivity index (χ1n) is 8.51. The summed E-state index contributed by atoms with van der Waals surface area (Å²) in [6.45, 7) is 1.69. The van der Waals surface area contributed by atoms with Crippen molar-refractivity contribution in [2.24, 2.45) is 0 Å². The first-order valence-corrected chi connectivity index (χ1v) is 8.51. The molecule has 2 heterocycles. The van der Waals surface area contributed by atoms with E-state index in [1.165, 1.54) is 6.21 Å². The predicted molar refractivity (Wildman–Crippen MR) is 110 cm³/mol. The normalized spacial score (nSPS) is 15.9. The molecule has 1 aromatic heterocycles. The lowest BCUT2D eigenvalue weighted by molar-refractivity contribution is -0.105. The van der Waals surface area contributed by atoms with Gasteiger partial charge in [0.1, 0.15) is 12.0 Å². The van der Waals surface area contributed by atoms with Crippen LogP contribution < -0.4 is 21.7 Å². The zero-order chi connectivity index (χ0) is 20.5. The Morgan fingerprint density at radius 2 is 2.11 bits per heavy atom. The van der Waals surface area contributed by atoms with Gasteiger partial charge < -0.3 is 31.5 Å². The Labute approximate surface area is 163 Å². The monoisotopic (exact) mass is 381 g/mol. The SMILES string of the molecule is CC1=C(C=O)C(/C=C/c2ccco2)NC(=O)N1.CNc1ccc(N)c(C=N)c1. The summed E-state index contributed by atoms with van der Waals surface area (Å²) in [5.74, 6) is 0.667. The minimum absolute atomic E-state index is 0.317. The van der Waals surface area contributed by atoms with Crippen LogP contribution in [0.5, 0.6) is 0 Å². The third-order valence-electron chi connectivity index (χ3n) is 4.01. The molecule has 0 spiro atoms. The zero-order valence-electron chi connectivity index (χ0n) is 15.7. The average Bonchev–Trinajstić information content (AvgIpc) is 3.20. The molecule has 0 saturated heterocycles. The van der Waals surface area contributed by atoms with Crippen LogP contribution in [-0.2, 0) is 4.79 Å². The number of benzene rings is 1. The van der Waals surface area contributed by atoms with Gasteiger partial charge in [-0.15, -0.1) is 0 Å². The Morgan fingerprint density at radius 1 is 1.32 bits per heavy atom. The highest BCUT2D eigenvalue weighted by atomic mass is 16.3. The van der Waals surface area contributed by atoms with E-state index in [1.54, 1.807) is 43.5 Å². The molecular weight excluding hydrogens is 358 g/mol. The van der Waals surface area contributed by atoms with Gasteiger partial charge in [0, 0.05) is 41.5 Å². The molecule has 8 heteroatoms. The molecule has 6 N–H and O–H groups in total. The standard InChI is InChI=1S/C12H12N2O3.C8H11N3/c1-8-10(7-15)11(14-12(16)13-8)5-4-9-3-2-6-17-9;1-11-7-2-3-8(10)6(4-7)5-9/h2-7,11H,1H3,(H2,13,14,16);2-5,9,11H,10H2,1H3/b5-4+;. The number of rotatable bonds is 5. The minimum atomic E-state index is -0.425. The van der Waals surface area contributed by atoms with Crippen LogP contribution in [0.2, 0.25) is 0 Å². The van der Waals surface area contributed by atoms with E-state index in [2.05, 4.69) is 16.0 Å². The summed E-state index contributed by atoms with van der Waals surface area (Å²) >= 11 is 0. The lowest BCUT2D eigenvalue weighted by atomic mass is 10.0. The fourth-order valence-electron chi connectivity index (χ4n) is 2.48. The van der Waals surface area contributed by atoms with Crippen LogP contribution in [0.15, 0.2) is 58.4 Å². The third kappa shape index (κ3) is 5.34. The molecule has 0 radical (unpaired) electrons. The van der Waals surface area contributed by atoms with E-state index >= 15 is 0 Å². The first kappa shape index (κ1) is 20.5. The molecule has 1 aromatic carbocycles. The molecule has 1 aliphatic heterocycles. The highest BCUT2D eigenvalue weighted by Gasteiger charge is 2.22. The van der Waals surface area contributed by atoms with Crippen molar-refractivity contribution < 1.29 is 14.0 Å². The van der Waals surface area contributed by atoms with E-state index in [0.29, 0.717) is 22.7 Å². The molecule has 3 rings (SSSR count). The number of hydrogen-bond donors (Lipinski definition) is 5. The molecule has 1 aliphatic rings. The van der Waals surface area contributed by atoms with Crippen molar-refractivity contribution in [1.82, 2.24) is 10.6 Å². The quantitative estimate of drug-likeness (QED) is 0.308. The van der Waals surface area contributed by atoms with Crippen molar-refractivity contribution in [1.29, 1.82) is 5.41 Å². The highest BCUT2D eigenvalue weighted by Crippen LogP contribution is 2.15. The molecule has 0 aliphatic carbocycles. The summed E-state index contributed by atoms with van der Waals surface area (Å²) in [5, 5.41) is 15.2. The lowest BCUT2D eigenvalue weighted by Crippen LogP contribution is -2.47. The van der Waals surface area contributed by atoms with Crippen LogP contribution in [-0.4, -0.2) is 31.6 Å². The minimum Gasteiger partial charge on any atom is -0.465 e. The third-order valence-corrected chi connectivity index (χ3v) is 4.01. The number of urea groups is 1. The van der Waals surface area contributed by atoms with Gasteiger partial charge in [-0.2, -0.15) is 0 Å². The van der Waals surface area contributed by atoms with E-state index in [1.807, 2.05) is 19.2 Å². The van der Waals surface area contributed by atoms with Gasteiger partial charge in [-0.3, -0.25) is 4.79 Å². The molecule has 2 amide bonds. The van der Waals surface area contributed by atoms with Crippen LogP contribution in [0.4, 0.5) is 16.2 Å². The Kier molecular flexibility index (Phi) is 7.15.